The van der Waals surface area contributed by atoms with Crippen molar-refractivity contribution in [3.8, 4) is 6.07 Å². The van der Waals surface area contributed by atoms with Crippen LogP contribution in [0.4, 0.5) is 5.69 Å². The van der Waals surface area contributed by atoms with Crippen LogP contribution in [0.25, 0.3) is 0 Å². The first-order chi connectivity index (χ1) is 9.20. The summed E-state index contributed by atoms with van der Waals surface area (Å²) in [6.45, 7) is 0. The number of benzene rings is 1. The van der Waals surface area contributed by atoms with Crippen LogP contribution in [-0.2, 0) is 11.2 Å². The van der Waals surface area contributed by atoms with E-state index >= 15 is 0 Å². The Bertz CT molecular complexity index is 492. The molecule has 100 valence electrons. The van der Waals surface area contributed by atoms with Crippen molar-refractivity contribution in [2.45, 2.75) is 38.1 Å². The Balaban J connectivity index is 1.82. The largest absolute Gasteiger partial charge is 0.399 e. The quantitative estimate of drug-likeness (QED) is 0.810. The number of nitrogens with one attached hydrogen (secondary N) is 1. The summed E-state index contributed by atoms with van der Waals surface area (Å²) >= 11 is 0. The highest BCUT2D eigenvalue weighted by Crippen LogP contribution is 2.25. The van der Waals surface area contributed by atoms with E-state index in [1.165, 1.54) is 0 Å². The average Bonchev–Trinajstić information content (AvgIpc) is 2.85. The lowest BCUT2D eigenvalue weighted by atomic mass is 10.0. The second kappa shape index (κ2) is 6.24. The van der Waals surface area contributed by atoms with Crippen molar-refractivity contribution in [3.63, 3.8) is 0 Å². The number of hydrogen-bond acceptors (Lipinski definition) is 3. The van der Waals surface area contributed by atoms with Crippen LogP contribution in [0.2, 0.25) is 0 Å². The molecule has 1 aliphatic rings. The monoisotopic (exact) mass is 257 g/mol. The topological polar surface area (TPSA) is 78.9 Å². The Morgan fingerprint density at radius 3 is 2.95 bits per heavy atom. The molecule has 1 fully saturated rings. The maximum atomic E-state index is 11.9. The lowest BCUT2D eigenvalue weighted by Crippen LogP contribution is -2.37. The number of hydrogen-bond donors (Lipinski definition) is 2. The molecule has 1 aliphatic carbocycles. The van der Waals surface area contributed by atoms with Crippen molar-refractivity contribution in [1.29, 1.82) is 5.26 Å². The molecule has 0 saturated heterocycles. The molecule has 3 N–H and O–H groups in total. The molecule has 4 nitrogen and oxygen atoms in total. The van der Waals surface area contributed by atoms with Crippen molar-refractivity contribution in [3.05, 3.63) is 29.8 Å². The third kappa shape index (κ3) is 3.47. The highest BCUT2D eigenvalue weighted by molar-refractivity contribution is 5.76. The van der Waals surface area contributed by atoms with Gasteiger partial charge in [-0.1, -0.05) is 18.2 Å². The molecule has 0 bridgehead atoms. The smallest absolute Gasteiger partial charge is 0.220 e. The van der Waals surface area contributed by atoms with Gasteiger partial charge in [-0.05, 0) is 37.3 Å². The lowest BCUT2D eigenvalue weighted by Gasteiger charge is -2.15. The van der Waals surface area contributed by atoms with E-state index < -0.39 is 0 Å². The zero-order chi connectivity index (χ0) is 13.7. The molecule has 0 aliphatic heterocycles. The van der Waals surface area contributed by atoms with E-state index in [4.69, 9.17) is 11.0 Å². The fraction of sp³-hybridized carbons (Fsp3) is 0.467. The van der Waals surface area contributed by atoms with Crippen molar-refractivity contribution in [2.24, 2.45) is 5.92 Å². The average molecular weight is 257 g/mol. The molecule has 1 aromatic rings. The van der Waals surface area contributed by atoms with Crippen LogP contribution in [0, 0.1) is 17.2 Å². The molecule has 19 heavy (non-hydrogen) atoms. The summed E-state index contributed by atoms with van der Waals surface area (Å²) in [5.74, 6) is -0.0128. The number of nitrogen functional groups attached to an aromatic ring is 1. The highest BCUT2D eigenvalue weighted by Gasteiger charge is 2.28. The summed E-state index contributed by atoms with van der Waals surface area (Å²) in [6, 6.07) is 9.89. The van der Waals surface area contributed by atoms with Gasteiger partial charge in [-0.3, -0.25) is 4.79 Å². The van der Waals surface area contributed by atoms with Crippen LogP contribution in [0.3, 0.4) is 0 Å². The number of amides is 1. The van der Waals surface area contributed by atoms with E-state index in [1.807, 2.05) is 24.3 Å². The maximum Gasteiger partial charge on any atom is 0.220 e. The standard InChI is InChI=1S/C15H19N3O/c16-10-12-5-3-7-14(12)18-15(19)9-8-11-4-1-2-6-13(11)17/h1-2,4,6,12,14H,3,5,7-9,17H2,(H,18,19). The normalized spacial score (nSPS) is 21.8. The fourth-order valence-corrected chi connectivity index (χ4v) is 2.58. The second-order valence-electron chi connectivity index (χ2n) is 5.04. The SMILES string of the molecule is N#CC1CCCC1NC(=O)CCc1ccccc1N. The number of nitrogens with zero attached hydrogens (tertiary/aromatic N) is 1. The maximum absolute atomic E-state index is 11.9. The van der Waals surface area contributed by atoms with E-state index in [2.05, 4.69) is 11.4 Å². The van der Waals surface area contributed by atoms with Crippen LogP contribution in [0.5, 0.6) is 0 Å². The number of carbonyl (C=O) groups excluding carboxylic acids is 1. The number of anilines is 1. The minimum Gasteiger partial charge on any atom is -0.399 e. The number of carbonyl (C=O) groups is 1. The highest BCUT2D eigenvalue weighted by atomic mass is 16.1. The molecule has 0 heterocycles. The van der Waals surface area contributed by atoms with Gasteiger partial charge >= 0.3 is 0 Å². The van der Waals surface area contributed by atoms with Crippen molar-refractivity contribution >= 4 is 11.6 Å². The van der Waals surface area contributed by atoms with Crippen LogP contribution < -0.4 is 11.1 Å². The van der Waals surface area contributed by atoms with Crippen molar-refractivity contribution < 1.29 is 4.79 Å². The van der Waals surface area contributed by atoms with Gasteiger partial charge in [0, 0.05) is 18.2 Å². The first-order valence-corrected chi connectivity index (χ1v) is 6.73. The summed E-state index contributed by atoms with van der Waals surface area (Å²) < 4.78 is 0. The van der Waals surface area contributed by atoms with Crippen molar-refractivity contribution in [1.82, 2.24) is 5.32 Å². The van der Waals surface area contributed by atoms with Gasteiger partial charge in [0.05, 0.1) is 12.0 Å². The molecule has 4 heteroatoms. The molecule has 0 aromatic heterocycles. The van der Waals surface area contributed by atoms with Gasteiger partial charge in [-0.2, -0.15) is 5.26 Å². The molecule has 1 aromatic carbocycles. The minimum absolute atomic E-state index is 0.00963. The van der Waals surface area contributed by atoms with Gasteiger partial charge in [-0.25, -0.2) is 0 Å². The zero-order valence-electron chi connectivity index (χ0n) is 10.9. The van der Waals surface area contributed by atoms with Gasteiger partial charge in [0.1, 0.15) is 0 Å². The number of aryl methyl sites for hydroxylation is 1. The predicted molar refractivity (Wildman–Crippen MR) is 74.1 cm³/mol. The number of nitriles is 1. The second-order valence-corrected chi connectivity index (χ2v) is 5.04. The molecule has 1 amide bonds. The van der Waals surface area contributed by atoms with Gasteiger partial charge in [0.15, 0.2) is 0 Å². The number of nitrogens with two attached hydrogens (primary N) is 1. The van der Waals surface area contributed by atoms with Gasteiger partial charge in [0.2, 0.25) is 5.91 Å². The lowest BCUT2D eigenvalue weighted by molar-refractivity contribution is -0.121. The predicted octanol–water partition coefficient (Wildman–Crippen LogP) is 2.01. The summed E-state index contributed by atoms with van der Waals surface area (Å²) in [6.07, 6.45) is 3.89. The molecule has 2 atom stereocenters. The molecule has 0 spiro atoms. The van der Waals surface area contributed by atoms with Crippen LogP contribution >= 0.6 is 0 Å². The molecule has 2 rings (SSSR count). The van der Waals surface area contributed by atoms with Gasteiger partial charge < -0.3 is 11.1 Å². The Morgan fingerprint density at radius 1 is 1.42 bits per heavy atom. The van der Waals surface area contributed by atoms with Crippen molar-refractivity contribution in [2.75, 3.05) is 5.73 Å². The van der Waals surface area contributed by atoms with Crippen LogP contribution in [0.1, 0.15) is 31.2 Å². The molecular formula is C15H19N3O. The van der Waals surface area contributed by atoms with Gasteiger partial charge in [0.25, 0.3) is 0 Å². The number of para-hydroxylation sites is 1. The van der Waals surface area contributed by atoms with Crippen LogP contribution in [-0.4, -0.2) is 11.9 Å². The van der Waals surface area contributed by atoms with E-state index in [0.29, 0.717) is 12.8 Å². The first-order valence-electron chi connectivity index (χ1n) is 6.73. The van der Waals surface area contributed by atoms with E-state index in [0.717, 1.165) is 30.5 Å². The summed E-state index contributed by atoms with van der Waals surface area (Å²) in [5, 5.41) is 11.9. The van der Waals surface area contributed by atoms with Gasteiger partial charge in [-0.15, -0.1) is 0 Å². The zero-order valence-corrected chi connectivity index (χ0v) is 10.9. The molecule has 1 saturated carbocycles. The Morgan fingerprint density at radius 2 is 2.21 bits per heavy atom. The van der Waals surface area contributed by atoms with E-state index in [9.17, 15) is 4.79 Å². The van der Waals surface area contributed by atoms with Crippen LogP contribution in [0.15, 0.2) is 24.3 Å². The first kappa shape index (κ1) is 13.4. The Kier molecular flexibility index (Phi) is 4.40. The third-order valence-corrected chi connectivity index (χ3v) is 3.70. The Labute approximate surface area is 113 Å². The molecule has 0 radical (unpaired) electrons. The minimum atomic E-state index is -0.0225. The fourth-order valence-electron chi connectivity index (χ4n) is 2.58. The summed E-state index contributed by atoms with van der Waals surface area (Å²) in [5.41, 5.74) is 7.57. The summed E-state index contributed by atoms with van der Waals surface area (Å²) in [7, 11) is 0. The molecular weight excluding hydrogens is 238 g/mol. The van der Waals surface area contributed by atoms with E-state index in [1.54, 1.807) is 0 Å². The Hall–Kier alpha value is -2.02. The van der Waals surface area contributed by atoms with E-state index in [-0.39, 0.29) is 17.9 Å². The molecule has 2 unspecified atom stereocenters. The number of rotatable bonds is 4. The summed E-state index contributed by atoms with van der Waals surface area (Å²) in [4.78, 5) is 11.9. The third-order valence-electron chi connectivity index (χ3n) is 3.70.